The molecule has 19 heavy (non-hydrogen) atoms. The van der Waals surface area contributed by atoms with Gasteiger partial charge in [-0.1, -0.05) is 29.8 Å². The molecule has 0 saturated carbocycles. The summed E-state index contributed by atoms with van der Waals surface area (Å²) in [5.41, 5.74) is 7.23. The number of nitrogen functional groups attached to an aromatic ring is 1. The first-order chi connectivity index (χ1) is 8.90. The molecule has 0 bridgehead atoms. The predicted molar refractivity (Wildman–Crippen MR) is 77.9 cm³/mol. The maximum Gasteiger partial charge on any atom is 0.262 e. The molecule has 0 heterocycles. The van der Waals surface area contributed by atoms with Crippen molar-refractivity contribution in [3.8, 4) is 0 Å². The van der Waals surface area contributed by atoms with Gasteiger partial charge in [0.25, 0.3) is 10.0 Å². The van der Waals surface area contributed by atoms with Gasteiger partial charge < -0.3 is 5.73 Å². The zero-order valence-corrected chi connectivity index (χ0v) is 11.8. The van der Waals surface area contributed by atoms with Gasteiger partial charge in [-0.2, -0.15) is 0 Å². The minimum Gasteiger partial charge on any atom is -0.398 e. The highest BCUT2D eigenvalue weighted by Gasteiger charge is 2.16. The Balaban J connectivity index is 2.40. The molecule has 2 rings (SSSR count). The second kappa shape index (κ2) is 5.11. The lowest BCUT2D eigenvalue weighted by Gasteiger charge is -2.10. The van der Waals surface area contributed by atoms with Crippen molar-refractivity contribution in [3.05, 3.63) is 53.1 Å². The van der Waals surface area contributed by atoms with Crippen LogP contribution in [0.5, 0.6) is 0 Å². The molecule has 0 amide bonds. The Hall–Kier alpha value is -1.72. The van der Waals surface area contributed by atoms with E-state index < -0.39 is 10.0 Å². The van der Waals surface area contributed by atoms with Gasteiger partial charge in [0.2, 0.25) is 0 Å². The van der Waals surface area contributed by atoms with E-state index in [1.165, 1.54) is 12.1 Å². The predicted octanol–water partition coefficient (Wildman–Crippen LogP) is 3.03. The number of benzene rings is 2. The molecule has 0 atom stereocenters. The van der Waals surface area contributed by atoms with E-state index >= 15 is 0 Å². The Kier molecular flexibility index (Phi) is 3.68. The molecule has 0 unspecified atom stereocenters. The molecule has 0 aliphatic heterocycles. The third-order valence-corrected chi connectivity index (χ3v) is 4.45. The van der Waals surface area contributed by atoms with E-state index in [0.29, 0.717) is 22.0 Å². The van der Waals surface area contributed by atoms with Crippen LogP contribution in [0.25, 0.3) is 0 Å². The molecule has 100 valence electrons. The van der Waals surface area contributed by atoms with Crippen LogP contribution in [0, 0.1) is 6.92 Å². The topological polar surface area (TPSA) is 72.2 Å². The van der Waals surface area contributed by atoms with Crippen molar-refractivity contribution >= 4 is 33.0 Å². The fraction of sp³-hybridized carbons (Fsp3) is 0.0769. The molecule has 3 N–H and O–H groups in total. The molecule has 0 aromatic heterocycles. The normalized spacial score (nSPS) is 11.3. The number of nitrogens with two attached hydrogens (primary N) is 1. The number of para-hydroxylation sites is 1. The molecule has 4 nitrogen and oxygen atoms in total. The third kappa shape index (κ3) is 3.00. The fourth-order valence-electron chi connectivity index (χ4n) is 1.55. The number of nitrogens with one attached hydrogen (secondary N) is 1. The van der Waals surface area contributed by atoms with Crippen molar-refractivity contribution in [1.29, 1.82) is 0 Å². The number of anilines is 2. The molecule has 0 aliphatic rings. The Morgan fingerprint density at radius 3 is 2.37 bits per heavy atom. The van der Waals surface area contributed by atoms with Gasteiger partial charge in [0, 0.05) is 16.4 Å². The van der Waals surface area contributed by atoms with Gasteiger partial charge >= 0.3 is 0 Å². The largest absolute Gasteiger partial charge is 0.398 e. The Morgan fingerprint density at radius 1 is 1.16 bits per heavy atom. The quantitative estimate of drug-likeness (QED) is 0.855. The highest BCUT2D eigenvalue weighted by Crippen LogP contribution is 2.27. The van der Waals surface area contributed by atoms with E-state index in [1.54, 1.807) is 37.3 Å². The minimum atomic E-state index is -3.69. The number of hydrogen-bond acceptors (Lipinski definition) is 3. The highest BCUT2D eigenvalue weighted by atomic mass is 35.5. The standard InChI is InChI=1S/C13H13ClN2O2S/c1-9-12(14)7-11(8-13(9)15)19(17,18)16-10-5-3-2-4-6-10/h2-8,16H,15H2,1H3. The fourth-order valence-corrected chi connectivity index (χ4v) is 2.96. The molecular weight excluding hydrogens is 284 g/mol. The summed E-state index contributed by atoms with van der Waals surface area (Å²) in [5, 5.41) is 0.327. The van der Waals surface area contributed by atoms with Crippen LogP contribution in [0.2, 0.25) is 5.02 Å². The van der Waals surface area contributed by atoms with Crippen LogP contribution in [-0.2, 0) is 10.0 Å². The average Bonchev–Trinajstić information content (AvgIpc) is 2.36. The van der Waals surface area contributed by atoms with Crippen molar-refractivity contribution in [1.82, 2.24) is 0 Å². The minimum absolute atomic E-state index is 0.0458. The summed E-state index contributed by atoms with van der Waals surface area (Å²) in [6, 6.07) is 11.4. The molecule has 6 heteroatoms. The van der Waals surface area contributed by atoms with Crippen LogP contribution in [-0.4, -0.2) is 8.42 Å². The van der Waals surface area contributed by atoms with E-state index in [9.17, 15) is 8.42 Å². The molecule has 2 aromatic carbocycles. The smallest absolute Gasteiger partial charge is 0.262 e. The van der Waals surface area contributed by atoms with Gasteiger partial charge in [0.15, 0.2) is 0 Å². The lowest BCUT2D eigenvalue weighted by Crippen LogP contribution is -2.13. The highest BCUT2D eigenvalue weighted by molar-refractivity contribution is 7.92. The number of sulfonamides is 1. The maximum absolute atomic E-state index is 12.2. The van der Waals surface area contributed by atoms with Crippen molar-refractivity contribution in [3.63, 3.8) is 0 Å². The first-order valence-electron chi connectivity index (χ1n) is 5.53. The van der Waals surface area contributed by atoms with Crippen LogP contribution >= 0.6 is 11.6 Å². The lowest BCUT2D eigenvalue weighted by molar-refractivity contribution is 0.601. The van der Waals surface area contributed by atoms with E-state index in [1.807, 2.05) is 0 Å². The Morgan fingerprint density at radius 2 is 1.79 bits per heavy atom. The summed E-state index contributed by atoms with van der Waals surface area (Å²) in [6.45, 7) is 1.73. The van der Waals surface area contributed by atoms with Gasteiger partial charge in [-0.3, -0.25) is 4.72 Å². The van der Waals surface area contributed by atoms with Crippen LogP contribution < -0.4 is 10.5 Å². The monoisotopic (exact) mass is 296 g/mol. The summed E-state index contributed by atoms with van der Waals surface area (Å²) in [5.74, 6) is 0. The molecule has 0 saturated heterocycles. The number of hydrogen-bond donors (Lipinski definition) is 2. The first-order valence-corrected chi connectivity index (χ1v) is 7.40. The maximum atomic E-state index is 12.2. The van der Waals surface area contributed by atoms with E-state index in [-0.39, 0.29) is 4.90 Å². The number of halogens is 1. The lowest BCUT2D eigenvalue weighted by atomic mass is 10.2. The number of rotatable bonds is 3. The van der Waals surface area contributed by atoms with Crippen molar-refractivity contribution < 1.29 is 8.42 Å². The van der Waals surface area contributed by atoms with Crippen molar-refractivity contribution in [2.75, 3.05) is 10.5 Å². The third-order valence-electron chi connectivity index (χ3n) is 2.69. The molecule has 2 aromatic rings. The van der Waals surface area contributed by atoms with Crippen LogP contribution in [0.1, 0.15) is 5.56 Å². The summed E-state index contributed by atoms with van der Waals surface area (Å²) < 4.78 is 26.9. The SMILES string of the molecule is Cc1c(N)cc(S(=O)(=O)Nc2ccccc2)cc1Cl. The van der Waals surface area contributed by atoms with Gasteiger partial charge in [0.05, 0.1) is 4.90 Å². The summed E-state index contributed by atoms with van der Waals surface area (Å²) >= 11 is 5.96. The molecule has 0 aliphatic carbocycles. The summed E-state index contributed by atoms with van der Waals surface area (Å²) in [7, 11) is -3.69. The van der Waals surface area contributed by atoms with Gasteiger partial charge in [-0.05, 0) is 36.8 Å². The zero-order valence-electron chi connectivity index (χ0n) is 10.2. The van der Waals surface area contributed by atoms with Crippen LogP contribution in [0.3, 0.4) is 0 Å². The zero-order chi connectivity index (χ0) is 14.0. The van der Waals surface area contributed by atoms with E-state index in [0.717, 1.165) is 0 Å². The Bertz CT molecular complexity index is 677. The van der Waals surface area contributed by atoms with Crippen molar-refractivity contribution in [2.24, 2.45) is 0 Å². The summed E-state index contributed by atoms with van der Waals surface area (Å²) in [4.78, 5) is 0.0458. The molecular formula is C13H13ClN2O2S. The second-order valence-corrected chi connectivity index (χ2v) is 6.18. The average molecular weight is 297 g/mol. The van der Waals surface area contributed by atoms with E-state index in [4.69, 9.17) is 17.3 Å². The second-order valence-electron chi connectivity index (χ2n) is 4.09. The first kappa shape index (κ1) is 13.7. The molecule has 0 fully saturated rings. The van der Waals surface area contributed by atoms with Gasteiger partial charge in [0.1, 0.15) is 0 Å². The van der Waals surface area contributed by atoms with E-state index in [2.05, 4.69) is 4.72 Å². The van der Waals surface area contributed by atoms with Crippen molar-refractivity contribution in [2.45, 2.75) is 11.8 Å². The Labute approximate surface area is 117 Å². The van der Waals surface area contributed by atoms with Crippen LogP contribution in [0.4, 0.5) is 11.4 Å². The molecule has 0 spiro atoms. The van der Waals surface area contributed by atoms with Gasteiger partial charge in [-0.25, -0.2) is 8.42 Å². The van der Waals surface area contributed by atoms with Gasteiger partial charge in [-0.15, -0.1) is 0 Å². The molecule has 0 radical (unpaired) electrons. The van der Waals surface area contributed by atoms with Crippen LogP contribution in [0.15, 0.2) is 47.4 Å². The summed E-state index contributed by atoms with van der Waals surface area (Å²) in [6.07, 6.45) is 0.